The summed E-state index contributed by atoms with van der Waals surface area (Å²) in [6.45, 7) is 9.40. The lowest BCUT2D eigenvalue weighted by Gasteiger charge is -2.21. The van der Waals surface area contributed by atoms with Gasteiger partial charge in [-0.25, -0.2) is 9.13 Å². The lowest BCUT2D eigenvalue weighted by Crippen LogP contribution is -2.30. The molecule has 0 rings (SSSR count). The highest BCUT2D eigenvalue weighted by Crippen LogP contribution is 2.45. The smallest absolute Gasteiger partial charge is 0.462 e. The number of phosphoric acid groups is 2. The van der Waals surface area contributed by atoms with Gasteiger partial charge >= 0.3 is 39.5 Å². The Hall–Kier alpha value is -1.94. The molecule has 19 heteroatoms. The third-order valence-corrected chi connectivity index (χ3v) is 17.4. The summed E-state index contributed by atoms with van der Waals surface area (Å²) >= 11 is 0. The van der Waals surface area contributed by atoms with Crippen LogP contribution in [0.25, 0.3) is 0 Å². The van der Waals surface area contributed by atoms with E-state index in [1.54, 1.807) is 0 Å². The summed E-state index contributed by atoms with van der Waals surface area (Å²) in [6, 6.07) is 0. The predicted molar refractivity (Wildman–Crippen MR) is 345 cm³/mol. The van der Waals surface area contributed by atoms with Gasteiger partial charge in [-0.15, -0.1) is 0 Å². The molecule has 0 amide bonds. The Bertz CT molecular complexity index is 1680. The number of hydrogen-bond donors (Lipinski definition) is 3. The molecule has 510 valence electrons. The van der Waals surface area contributed by atoms with Crippen molar-refractivity contribution in [3.8, 4) is 0 Å². The second-order valence-corrected chi connectivity index (χ2v) is 28.1. The fraction of sp³-hybridized carbons (Fsp3) is 0.940. The summed E-state index contributed by atoms with van der Waals surface area (Å²) in [4.78, 5) is 72.2. The molecule has 0 aliphatic rings. The topological polar surface area (TPSA) is 237 Å². The Morgan fingerprint density at radius 3 is 0.791 bits per heavy atom. The van der Waals surface area contributed by atoms with Crippen LogP contribution in [0.5, 0.6) is 0 Å². The van der Waals surface area contributed by atoms with Crippen LogP contribution in [0.15, 0.2) is 0 Å². The monoisotopic (exact) mass is 1270 g/mol. The maximum absolute atomic E-state index is 13.0. The van der Waals surface area contributed by atoms with Crippen LogP contribution in [0.2, 0.25) is 0 Å². The van der Waals surface area contributed by atoms with Gasteiger partial charge in [0.1, 0.15) is 19.3 Å². The van der Waals surface area contributed by atoms with Crippen LogP contribution in [-0.2, 0) is 65.4 Å². The van der Waals surface area contributed by atoms with E-state index in [9.17, 15) is 43.2 Å². The predicted octanol–water partition coefficient (Wildman–Crippen LogP) is 18.8. The maximum atomic E-state index is 13.0. The Morgan fingerprint density at radius 1 is 0.314 bits per heavy atom. The fourth-order valence-corrected chi connectivity index (χ4v) is 11.6. The first-order valence-corrected chi connectivity index (χ1v) is 38.0. The minimum atomic E-state index is -4.95. The molecule has 0 aliphatic carbocycles. The minimum Gasteiger partial charge on any atom is -0.462 e. The lowest BCUT2D eigenvalue weighted by molar-refractivity contribution is -0.161. The largest absolute Gasteiger partial charge is 0.472 e. The summed E-state index contributed by atoms with van der Waals surface area (Å²) in [5.41, 5.74) is 0. The molecular formula is C67H130O17P2. The summed E-state index contributed by atoms with van der Waals surface area (Å²) in [6.07, 6.45) is 43.4. The number of carbonyl (C=O) groups excluding carboxylic acids is 4. The minimum absolute atomic E-state index is 0.102. The van der Waals surface area contributed by atoms with E-state index >= 15 is 0 Å². The average molecular weight is 1270 g/mol. The molecule has 0 saturated carbocycles. The zero-order chi connectivity index (χ0) is 63.6. The number of aliphatic hydroxyl groups excluding tert-OH is 1. The first-order chi connectivity index (χ1) is 41.4. The highest BCUT2D eigenvalue weighted by Gasteiger charge is 2.30. The second-order valence-electron chi connectivity index (χ2n) is 25.2. The summed E-state index contributed by atoms with van der Waals surface area (Å²) in [7, 11) is -9.89. The lowest BCUT2D eigenvalue weighted by atomic mass is 10.0. The van der Waals surface area contributed by atoms with E-state index in [4.69, 9.17) is 37.0 Å². The average Bonchev–Trinajstić information content (AvgIpc) is 3.68. The van der Waals surface area contributed by atoms with Crippen LogP contribution in [0.4, 0.5) is 0 Å². The number of esters is 4. The molecule has 0 saturated heterocycles. The van der Waals surface area contributed by atoms with Crippen LogP contribution < -0.4 is 0 Å². The van der Waals surface area contributed by atoms with Crippen molar-refractivity contribution in [3.05, 3.63) is 0 Å². The normalized spacial score (nSPS) is 14.2. The van der Waals surface area contributed by atoms with Gasteiger partial charge in [-0.3, -0.25) is 37.3 Å². The molecule has 0 aromatic rings. The number of hydrogen-bond acceptors (Lipinski definition) is 15. The zero-order valence-corrected chi connectivity index (χ0v) is 57.4. The van der Waals surface area contributed by atoms with Gasteiger partial charge < -0.3 is 33.8 Å². The van der Waals surface area contributed by atoms with Gasteiger partial charge in [0.15, 0.2) is 12.2 Å². The first-order valence-electron chi connectivity index (χ1n) is 35.0. The second kappa shape index (κ2) is 59.4. The standard InChI is InChI=1S/C67H130O17P2/c1-7-9-11-13-15-16-17-18-19-20-21-24-28-32-39-45-51-66(71)83-62(56-78-65(70)50-44-38-31-27-25-22-23-26-30-35-41-47-59(3)4)57-81-85(73,74)79-53-61(68)54-80-86(75,76)82-58-63(55-77-64(69)49-43-37-29-14-12-10-8-2)84-67(72)52-46-40-34-33-36-42-48-60(5)6/h59-63,68H,7-58H2,1-6H3,(H,73,74)(H,75,76)/t61-,62-,63-/m1/s1. The van der Waals surface area contributed by atoms with Crippen LogP contribution in [0.3, 0.4) is 0 Å². The number of phosphoric ester groups is 2. The van der Waals surface area contributed by atoms with Gasteiger partial charge in [0, 0.05) is 25.7 Å². The Balaban J connectivity index is 5.20. The molecule has 5 atom stereocenters. The first kappa shape index (κ1) is 84.1. The Morgan fingerprint density at radius 2 is 0.535 bits per heavy atom. The highest BCUT2D eigenvalue weighted by atomic mass is 31.2. The molecule has 86 heavy (non-hydrogen) atoms. The summed E-state index contributed by atoms with van der Waals surface area (Å²) in [5, 5.41) is 10.5. The van der Waals surface area contributed by atoms with Crippen molar-refractivity contribution >= 4 is 39.5 Å². The van der Waals surface area contributed by atoms with Crippen molar-refractivity contribution in [1.82, 2.24) is 0 Å². The SMILES string of the molecule is CCCCCCCCCCCCCCCCCCC(=O)O[C@H](COC(=O)CCCCCCCCCCCCCC(C)C)COP(=O)(O)OC[C@@H](O)COP(=O)(O)OC[C@@H](COC(=O)CCCCCCCCC)OC(=O)CCCCCCCCC(C)C. The van der Waals surface area contributed by atoms with Crippen LogP contribution >= 0.6 is 15.6 Å². The molecule has 0 fully saturated rings. The third-order valence-electron chi connectivity index (χ3n) is 15.5. The van der Waals surface area contributed by atoms with Crippen molar-refractivity contribution in [1.29, 1.82) is 0 Å². The van der Waals surface area contributed by atoms with Gasteiger partial charge in [0.2, 0.25) is 0 Å². The van der Waals surface area contributed by atoms with Gasteiger partial charge in [-0.05, 0) is 37.5 Å². The molecule has 0 spiro atoms. The number of aliphatic hydroxyl groups is 1. The number of rotatable bonds is 66. The molecule has 0 aliphatic heterocycles. The number of unbranched alkanes of at least 4 members (excludes halogenated alkanes) is 36. The van der Waals surface area contributed by atoms with Crippen LogP contribution in [-0.4, -0.2) is 96.7 Å². The Labute approximate surface area is 524 Å². The van der Waals surface area contributed by atoms with Crippen LogP contribution in [0, 0.1) is 11.8 Å². The van der Waals surface area contributed by atoms with Gasteiger partial charge in [-0.2, -0.15) is 0 Å². The van der Waals surface area contributed by atoms with E-state index in [1.807, 2.05) is 0 Å². The van der Waals surface area contributed by atoms with E-state index in [-0.39, 0.29) is 25.7 Å². The van der Waals surface area contributed by atoms with Gasteiger partial charge in [0.25, 0.3) is 0 Å². The van der Waals surface area contributed by atoms with E-state index in [2.05, 4.69) is 41.5 Å². The molecule has 0 radical (unpaired) electrons. The summed E-state index contributed by atoms with van der Waals surface area (Å²) in [5.74, 6) is -0.696. The molecule has 0 aromatic heterocycles. The molecule has 3 N–H and O–H groups in total. The van der Waals surface area contributed by atoms with Crippen LogP contribution in [0.1, 0.15) is 337 Å². The molecule has 17 nitrogen and oxygen atoms in total. The summed E-state index contributed by atoms with van der Waals surface area (Å²) < 4.78 is 68.0. The van der Waals surface area contributed by atoms with E-state index in [0.29, 0.717) is 31.6 Å². The van der Waals surface area contributed by atoms with Crippen molar-refractivity contribution in [2.45, 2.75) is 355 Å². The quantitative estimate of drug-likeness (QED) is 0.0222. The van der Waals surface area contributed by atoms with Crippen molar-refractivity contribution in [2.75, 3.05) is 39.6 Å². The highest BCUT2D eigenvalue weighted by molar-refractivity contribution is 7.47. The number of carbonyl (C=O) groups is 4. The van der Waals surface area contributed by atoms with Crippen molar-refractivity contribution in [3.63, 3.8) is 0 Å². The van der Waals surface area contributed by atoms with E-state index in [1.165, 1.54) is 141 Å². The molecule has 0 aromatic carbocycles. The fourth-order valence-electron chi connectivity index (χ4n) is 10.1. The third kappa shape index (κ3) is 60.9. The van der Waals surface area contributed by atoms with Crippen molar-refractivity contribution < 1.29 is 80.2 Å². The molecule has 2 unspecified atom stereocenters. The number of ether oxygens (including phenoxy) is 4. The van der Waals surface area contributed by atoms with Gasteiger partial charge in [0.05, 0.1) is 26.4 Å². The Kier molecular flexibility index (Phi) is 58.0. The molecule has 0 bridgehead atoms. The van der Waals surface area contributed by atoms with Crippen molar-refractivity contribution in [2.24, 2.45) is 11.8 Å². The maximum Gasteiger partial charge on any atom is 0.472 e. The van der Waals surface area contributed by atoms with E-state index in [0.717, 1.165) is 109 Å². The molecular weight excluding hydrogens is 1140 g/mol. The zero-order valence-electron chi connectivity index (χ0n) is 55.6. The molecule has 0 heterocycles. The van der Waals surface area contributed by atoms with Gasteiger partial charge in [-0.1, -0.05) is 286 Å². The van der Waals surface area contributed by atoms with E-state index < -0.39 is 97.5 Å².